The molecule has 1 aliphatic carbocycles. The minimum absolute atomic E-state index is 0.0648. The maximum atomic E-state index is 9.05. The van der Waals surface area contributed by atoms with E-state index in [0.29, 0.717) is 0 Å². The summed E-state index contributed by atoms with van der Waals surface area (Å²) in [6.45, 7) is 0.709. The van der Waals surface area contributed by atoms with E-state index >= 15 is 0 Å². The fraction of sp³-hybridized carbons (Fsp3) is 0.500. The molecule has 1 unspecified atom stereocenters. The number of aliphatic hydroxyl groups is 1. The van der Waals surface area contributed by atoms with Crippen LogP contribution in [0.5, 0.6) is 5.75 Å². The first-order chi connectivity index (χ1) is 7.72. The van der Waals surface area contributed by atoms with E-state index < -0.39 is 0 Å². The van der Waals surface area contributed by atoms with Crippen LogP contribution in [-0.2, 0) is 0 Å². The molecule has 0 saturated heterocycles. The average molecular weight is 286 g/mol. The second kappa shape index (κ2) is 5.17. The van der Waals surface area contributed by atoms with E-state index in [1.807, 2.05) is 18.2 Å². The molecule has 0 spiro atoms. The summed E-state index contributed by atoms with van der Waals surface area (Å²) >= 11 is 3.48. The van der Waals surface area contributed by atoms with Crippen molar-refractivity contribution in [1.82, 2.24) is 0 Å². The maximum Gasteiger partial charge on any atom is 0.133 e. The molecule has 88 valence electrons. The predicted molar refractivity (Wildman–Crippen MR) is 66.4 cm³/mol. The Balaban J connectivity index is 2.11. The summed E-state index contributed by atoms with van der Waals surface area (Å²) in [4.78, 5) is 0. The summed E-state index contributed by atoms with van der Waals surface area (Å²) < 4.78 is 6.57. The van der Waals surface area contributed by atoms with E-state index in [1.165, 1.54) is 12.8 Å². The van der Waals surface area contributed by atoms with Gasteiger partial charge in [0.1, 0.15) is 5.75 Å². The SMILES string of the molecule is NC(CO)c1cccc(OCC2CC2)c1Br. The first-order valence-electron chi connectivity index (χ1n) is 5.50. The highest BCUT2D eigenvalue weighted by Gasteiger charge is 2.22. The molecule has 2 rings (SSSR count). The third-order valence-electron chi connectivity index (χ3n) is 2.76. The molecular weight excluding hydrogens is 270 g/mol. The lowest BCUT2D eigenvalue weighted by molar-refractivity contribution is 0.266. The molecule has 1 saturated carbocycles. The van der Waals surface area contributed by atoms with Gasteiger partial charge in [0, 0.05) is 0 Å². The van der Waals surface area contributed by atoms with Crippen molar-refractivity contribution in [3.63, 3.8) is 0 Å². The number of nitrogens with two attached hydrogens (primary N) is 1. The minimum atomic E-state index is -0.362. The third kappa shape index (κ3) is 2.75. The van der Waals surface area contributed by atoms with Crippen molar-refractivity contribution >= 4 is 15.9 Å². The van der Waals surface area contributed by atoms with Crippen LogP contribution in [0, 0.1) is 5.92 Å². The van der Waals surface area contributed by atoms with Crippen LogP contribution >= 0.6 is 15.9 Å². The van der Waals surface area contributed by atoms with E-state index in [2.05, 4.69) is 15.9 Å². The largest absolute Gasteiger partial charge is 0.492 e. The van der Waals surface area contributed by atoms with Gasteiger partial charge in [-0.25, -0.2) is 0 Å². The zero-order valence-electron chi connectivity index (χ0n) is 9.03. The van der Waals surface area contributed by atoms with Crippen LogP contribution in [0.25, 0.3) is 0 Å². The number of hydrogen-bond donors (Lipinski definition) is 2. The fourth-order valence-corrected chi connectivity index (χ4v) is 2.19. The number of ether oxygens (including phenoxy) is 1. The molecule has 3 nitrogen and oxygen atoms in total. The van der Waals surface area contributed by atoms with Crippen LogP contribution in [0.3, 0.4) is 0 Å². The molecule has 0 bridgehead atoms. The Morgan fingerprint density at radius 2 is 2.25 bits per heavy atom. The summed E-state index contributed by atoms with van der Waals surface area (Å²) in [7, 11) is 0. The molecule has 1 fully saturated rings. The predicted octanol–water partition coefficient (Wildman–Crippen LogP) is 2.23. The van der Waals surface area contributed by atoms with Gasteiger partial charge in [0.25, 0.3) is 0 Å². The Bertz CT molecular complexity index is 366. The van der Waals surface area contributed by atoms with Gasteiger partial charge in [-0.2, -0.15) is 0 Å². The molecule has 1 aliphatic rings. The van der Waals surface area contributed by atoms with Crippen LogP contribution < -0.4 is 10.5 Å². The van der Waals surface area contributed by atoms with Gasteiger partial charge in [-0.1, -0.05) is 12.1 Å². The van der Waals surface area contributed by atoms with Crippen molar-refractivity contribution in [3.8, 4) is 5.75 Å². The van der Waals surface area contributed by atoms with Gasteiger partial charge < -0.3 is 15.6 Å². The third-order valence-corrected chi connectivity index (χ3v) is 3.61. The summed E-state index contributed by atoms with van der Waals surface area (Å²) in [5.74, 6) is 1.54. The normalized spacial score (nSPS) is 17.2. The molecular formula is C12H16BrNO2. The van der Waals surface area contributed by atoms with Crippen LogP contribution in [0.15, 0.2) is 22.7 Å². The zero-order valence-corrected chi connectivity index (χ0v) is 10.6. The lowest BCUT2D eigenvalue weighted by Gasteiger charge is -2.14. The Morgan fingerprint density at radius 3 is 2.88 bits per heavy atom. The molecule has 1 aromatic carbocycles. The molecule has 0 aliphatic heterocycles. The first kappa shape index (κ1) is 11.9. The van der Waals surface area contributed by atoms with Crippen LogP contribution in [0.1, 0.15) is 24.4 Å². The van der Waals surface area contributed by atoms with E-state index in [4.69, 9.17) is 15.6 Å². The number of aliphatic hydroxyl groups excluding tert-OH is 1. The monoisotopic (exact) mass is 285 g/mol. The van der Waals surface area contributed by atoms with Crippen molar-refractivity contribution in [2.24, 2.45) is 11.7 Å². The maximum absolute atomic E-state index is 9.05. The molecule has 3 N–H and O–H groups in total. The number of hydrogen-bond acceptors (Lipinski definition) is 3. The Labute approximate surface area is 104 Å². The standard InChI is InChI=1S/C12H16BrNO2/c13-12-9(10(14)6-15)2-1-3-11(12)16-7-8-4-5-8/h1-3,8,10,15H,4-7,14H2. The Kier molecular flexibility index (Phi) is 3.84. The van der Waals surface area contributed by atoms with Gasteiger partial charge in [-0.3, -0.25) is 0 Å². The van der Waals surface area contributed by atoms with Crippen LogP contribution in [0.2, 0.25) is 0 Å². The highest BCUT2D eigenvalue weighted by atomic mass is 79.9. The molecule has 16 heavy (non-hydrogen) atoms. The van der Waals surface area contributed by atoms with Crippen LogP contribution in [-0.4, -0.2) is 18.3 Å². The number of halogens is 1. The molecule has 1 atom stereocenters. The zero-order chi connectivity index (χ0) is 11.5. The van der Waals surface area contributed by atoms with E-state index in [-0.39, 0.29) is 12.6 Å². The van der Waals surface area contributed by atoms with Gasteiger partial charge in [0.05, 0.1) is 23.7 Å². The van der Waals surface area contributed by atoms with Gasteiger partial charge >= 0.3 is 0 Å². The second-order valence-corrected chi connectivity index (χ2v) is 5.00. The van der Waals surface area contributed by atoms with Gasteiger partial charge in [0.15, 0.2) is 0 Å². The average Bonchev–Trinajstić information content (AvgIpc) is 3.10. The lowest BCUT2D eigenvalue weighted by Crippen LogP contribution is -2.15. The topological polar surface area (TPSA) is 55.5 Å². The summed E-state index contributed by atoms with van der Waals surface area (Å²) in [5, 5.41) is 9.05. The molecule has 0 amide bonds. The number of rotatable bonds is 5. The van der Waals surface area contributed by atoms with Crippen LogP contribution in [0.4, 0.5) is 0 Å². The molecule has 0 radical (unpaired) electrons. The van der Waals surface area contributed by atoms with Crippen molar-refractivity contribution in [2.45, 2.75) is 18.9 Å². The van der Waals surface area contributed by atoms with Gasteiger partial charge in [0.2, 0.25) is 0 Å². The molecule has 1 aromatic rings. The van der Waals surface area contributed by atoms with Gasteiger partial charge in [-0.15, -0.1) is 0 Å². The first-order valence-corrected chi connectivity index (χ1v) is 6.29. The van der Waals surface area contributed by atoms with E-state index in [0.717, 1.165) is 28.3 Å². The Hall–Kier alpha value is -0.580. The number of benzene rings is 1. The molecule has 0 heterocycles. The smallest absolute Gasteiger partial charge is 0.133 e. The van der Waals surface area contributed by atoms with E-state index in [9.17, 15) is 0 Å². The summed E-state index contributed by atoms with van der Waals surface area (Å²) in [6, 6.07) is 5.35. The van der Waals surface area contributed by atoms with Crippen molar-refractivity contribution in [3.05, 3.63) is 28.2 Å². The van der Waals surface area contributed by atoms with E-state index in [1.54, 1.807) is 0 Å². The minimum Gasteiger partial charge on any atom is -0.492 e. The summed E-state index contributed by atoms with van der Waals surface area (Å²) in [5.41, 5.74) is 6.68. The Morgan fingerprint density at radius 1 is 1.50 bits per heavy atom. The highest BCUT2D eigenvalue weighted by molar-refractivity contribution is 9.10. The lowest BCUT2D eigenvalue weighted by atomic mass is 10.1. The quantitative estimate of drug-likeness (QED) is 0.872. The molecule has 4 heteroatoms. The van der Waals surface area contributed by atoms with Crippen molar-refractivity contribution < 1.29 is 9.84 Å². The fourth-order valence-electron chi connectivity index (χ4n) is 1.52. The highest BCUT2D eigenvalue weighted by Crippen LogP contribution is 2.34. The summed E-state index contributed by atoms with van der Waals surface area (Å²) in [6.07, 6.45) is 2.54. The molecule has 0 aromatic heterocycles. The van der Waals surface area contributed by atoms with Gasteiger partial charge in [-0.05, 0) is 46.3 Å². The van der Waals surface area contributed by atoms with Crippen molar-refractivity contribution in [2.75, 3.05) is 13.2 Å². The second-order valence-electron chi connectivity index (χ2n) is 4.20. The van der Waals surface area contributed by atoms with Crippen molar-refractivity contribution in [1.29, 1.82) is 0 Å².